The number of hydrogen-bond donors (Lipinski definition) is 0. The van der Waals surface area contributed by atoms with Crippen LogP contribution in [-0.2, 0) is 0 Å². The average Bonchev–Trinajstić information content (AvgIpc) is 2.58. The van der Waals surface area contributed by atoms with Gasteiger partial charge in [-0.2, -0.15) is 0 Å². The zero-order chi connectivity index (χ0) is 17.6. The molecule has 2 radical (unpaired) electrons. The first kappa shape index (κ1) is 24.0. The second-order valence-corrected chi connectivity index (χ2v) is 7.73. The van der Waals surface area contributed by atoms with Crippen molar-refractivity contribution in [3.8, 4) is 0 Å². The first-order valence-corrected chi connectivity index (χ1v) is 11.5. The third kappa shape index (κ3) is 22.0. The maximum Gasteiger partial charge on any atom is -0.0386 e. The van der Waals surface area contributed by atoms with Crippen LogP contribution in [0.3, 0.4) is 0 Å². The van der Waals surface area contributed by atoms with Gasteiger partial charge in [-0.15, -0.1) is 0 Å². The summed E-state index contributed by atoms with van der Waals surface area (Å²) >= 11 is 0. The van der Waals surface area contributed by atoms with Crippen LogP contribution in [0.2, 0.25) is 0 Å². The standard InChI is InChI=1S/C12H23.C12H25/c1-2-4-6-8-10-12-11-9-7-5-3-1;1-3-5-7-9-11-12-10-8-6-4-2/h1H,2-12H2;1,3-12H2,2H3. The predicted molar refractivity (Wildman–Crippen MR) is 112 cm³/mol. The van der Waals surface area contributed by atoms with Crippen LogP contribution in [0.15, 0.2) is 0 Å². The van der Waals surface area contributed by atoms with Crippen LogP contribution in [0.5, 0.6) is 0 Å². The molecule has 1 aliphatic rings. The third-order valence-corrected chi connectivity index (χ3v) is 5.17. The number of unbranched alkanes of at least 4 members (excludes halogenated alkanes) is 9. The summed E-state index contributed by atoms with van der Waals surface area (Å²) in [4.78, 5) is 0. The Morgan fingerprint density at radius 2 is 0.917 bits per heavy atom. The topological polar surface area (TPSA) is 0 Å². The van der Waals surface area contributed by atoms with Crippen LogP contribution in [0.1, 0.15) is 142 Å². The fraction of sp³-hybridized carbons (Fsp3) is 0.917. The lowest BCUT2D eigenvalue weighted by molar-refractivity contribution is 0.538. The summed E-state index contributed by atoms with van der Waals surface area (Å²) in [6.45, 7) is 6.12. The predicted octanol–water partition coefficient (Wildman–Crippen LogP) is 9.24. The average molecular weight is 337 g/mol. The Morgan fingerprint density at radius 1 is 0.542 bits per heavy atom. The molecular weight excluding hydrogens is 288 g/mol. The quantitative estimate of drug-likeness (QED) is 0.368. The molecule has 0 saturated heterocycles. The van der Waals surface area contributed by atoms with Crippen molar-refractivity contribution in [2.24, 2.45) is 0 Å². The number of rotatable bonds is 9. The summed E-state index contributed by atoms with van der Waals surface area (Å²) in [7, 11) is 0. The summed E-state index contributed by atoms with van der Waals surface area (Å²) in [5, 5.41) is 0. The Balaban J connectivity index is 0.000000441. The highest BCUT2D eigenvalue weighted by molar-refractivity contribution is 4.65. The SMILES string of the molecule is [CH2]CCCCCCCCCCC.[CH]1CCCCCCCCCCC1. The second kappa shape index (κ2) is 23.0. The van der Waals surface area contributed by atoms with Crippen LogP contribution >= 0.6 is 0 Å². The van der Waals surface area contributed by atoms with Gasteiger partial charge in [0.25, 0.3) is 0 Å². The van der Waals surface area contributed by atoms with E-state index >= 15 is 0 Å². The minimum atomic E-state index is 1.12. The monoisotopic (exact) mass is 336 g/mol. The zero-order valence-corrected chi connectivity index (χ0v) is 17.1. The minimum absolute atomic E-state index is 1.12. The van der Waals surface area contributed by atoms with Crippen molar-refractivity contribution < 1.29 is 0 Å². The molecule has 0 unspecified atom stereocenters. The van der Waals surface area contributed by atoms with E-state index in [0.717, 1.165) is 6.42 Å². The van der Waals surface area contributed by atoms with E-state index in [1.165, 1.54) is 128 Å². The summed E-state index contributed by atoms with van der Waals surface area (Å²) in [6, 6.07) is 0. The van der Waals surface area contributed by atoms with Gasteiger partial charge in [-0.1, -0.05) is 149 Å². The molecule has 0 spiro atoms. The first-order valence-electron chi connectivity index (χ1n) is 11.5. The largest absolute Gasteiger partial charge is 0.0654 e. The Labute approximate surface area is 155 Å². The van der Waals surface area contributed by atoms with Gasteiger partial charge in [0, 0.05) is 0 Å². The molecule has 0 bridgehead atoms. The molecule has 0 atom stereocenters. The summed E-state index contributed by atoms with van der Waals surface area (Å²) < 4.78 is 0. The van der Waals surface area contributed by atoms with Crippen molar-refractivity contribution in [3.63, 3.8) is 0 Å². The highest BCUT2D eigenvalue weighted by Gasteiger charge is 1.96. The van der Waals surface area contributed by atoms with Gasteiger partial charge >= 0.3 is 0 Å². The first-order chi connectivity index (χ1) is 11.9. The molecule has 0 heteroatoms. The van der Waals surface area contributed by atoms with Crippen molar-refractivity contribution in [1.82, 2.24) is 0 Å². The molecule has 0 aromatic rings. The van der Waals surface area contributed by atoms with E-state index in [1.807, 2.05) is 0 Å². The molecule has 24 heavy (non-hydrogen) atoms. The lowest BCUT2D eigenvalue weighted by Crippen LogP contribution is -1.86. The molecule has 1 aliphatic carbocycles. The maximum atomic E-state index is 3.84. The van der Waals surface area contributed by atoms with Crippen molar-refractivity contribution in [2.75, 3.05) is 0 Å². The van der Waals surface area contributed by atoms with E-state index in [2.05, 4.69) is 20.3 Å². The fourth-order valence-electron chi connectivity index (χ4n) is 3.45. The normalized spacial score (nSPS) is 17.2. The van der Waals surface area contributed by atoms with E-state index in [0.29, 0.717) is 0 Å². The van der Waals surface area contributed by atoms with E-state index in [-0.39, 0.29) is 0 Å². The molecule has 0 amide bonds. The van der Waals surface area contributed by atoms with Crippen LogP contribution in [0, 0.1) is 13.3 Å². The summed E-state index contributed by atoms with van der Waals surface area (Å²) in [6.07, 6.45) is 32.4. The number of hydrogen-bond acceptors (Lipinski definition) is 0. The van der Waals surface area contributed by atoms with E-state index in [4.69, 9.17) is 0 Å². The summed E-state index contributed by atoms with van der Waals surface area (Å²) in [5.74, 6) is 0. The van der Waals surface area contributed by atoms with Crippen LogP contribution in [-0.4, -0.2) is 0 Å². The molecule has 0 aromatic carbocycles. The Hall–Kier alpha value is 0. The Kier molecular flexibility index (Phi) is 23.0. The lowest BCUT2D eigenvalue weighted by atomic mass is 10.0. The Morgan fingerprint density at radius 3 is 1.33 bits per heavy atom. The molecule has 0 nitrogen and oxygen atoms in total. The smallest absolute Gasteiger partial charge is 0.0386 e. The molecule has 0 N–H and O–H groups in total. The lowest BCUT2D eigenvalue weighted by Gasteiger charge is -2.05. The highest BCUT2D eigenvalue weighted by Crippen LogP contribution is 2.15. The highest BCUT2D eigenvalue weighted by atomic mass is 14.0. The van der Waals surface area contributed by atoms with E-state index in [1.54, 1.807) is 0 Å². The van der Waals surface area contributed by atoms with Gasteiger partial charge in [0.15, 0.2) is 0 Å². The van der Waals surface area contributed by atoms with Gasteiger partial charge in [0.2, 0.25) is 0 Å². The molecule has 0 aromatic heterocycles. The zero-order valence-electron chi connectivity index (χ0n) is 17.1. The molecule has 1 saturated carbocycles. The van der Waals surface area contributed by atoms with Crippen molar-refractivity contribution in [2.45, 2.75) is 142 Å². The Bertz CT molecular complexity index is 143. The third-order valence-electron chi connectivity index (χ3n) is 5.17. The van der Waals surface area contributed by atoms with Crippen LogP contribution < -0.4 is 0 Å². The molecule has 144 valence electrons. The van der Waals surface area contributed by atoms with Gasteiger partial charge in [-0.3, -0.25) is 0 Å². The van der Waals surface area contributed by atoms with E-state index in [9.17, 15) is 0 Å². The van der Waals surface area contributed by atoms with Crippen molar-refractivity contribution in [1.29, 1.82) is 0 Å². The van der Waals surface area contributed by atoms with Crippen molar-refractivity contribution >= 4 is 0 Å². The minimum Gasteiger partial charge on any atom is -0.0654 e. The van der Waals surface area contributed by atoms with Gasteiger partial charge in [0.05, 0.1) is 0 Å². The van der Waals surface area contributed by atoms with Gasteiger partial charge in [-0.05, 0) is 6.42 Å². The fourth-order valence-corrected chi connectivity index (χ4v) is 3.45. The molecule has 0 aliphatic heterocycles. The molecule has 1 fully saturated rings. The van der Waals surface area contributed by atoms with E-state index < -0.39 is 0 Å². The van der Waals surface area contributed by atoms with Gasteiger partial charge in [0.1, 0.15) is 0 Å². The van der Waals surface area contributed by atoms with Crippen LogP contribution in [0.25, 0.3) is 0 Å². The van der Waals surface area contributed by atoms with Crippen molar-refractivity contribution in [3.05, 3.63) is 13.3 Å². The van der Waals surface area contributed by atoms with Gasteiger partial charge < -0.3 is 0 Å². The maximum absolute atomic E-state index is 3.84. The molecule has 0 heterocycles. The second-order valence-electron chi connectivity index (χ2n) is 7.73. The van der Waals surface area contributed by atoms with Crippen LogP contribution in [0.4, 0.5) is 0 Å². The molecular formula is C24H48. The van der Waals surface area contributed by atoms with Gasteiger partial charge in [-0.25, -0.2) is 0 Å². The molecule has 1 rings (SSSR count). The summed E-state index contributed by atoms with van der Waals surface area (Å²) in [5.41, 5.74) is 0.